The van der Waals surface area contributed by atoms with Crippen molar-refractivity contribution in [1.29, 1.82) is 5.26 Å². The molecule has 2 aromatic rings. The molecule has 27 heavy (non-hydrogen) atoms. The first-order valence-corrected chi connectivity index (χ1v) is 10.3. The van der Waals surface area contributed by atoms with Gasteiger partial charge in [0.1, 0.15) is 16.7 Å². The molecule has 1 aliphatic heterocycles. The Kier molecular flexibility index (Phi) is 6.05. The van der Waals surface area contributed by atoms with Crippen molar-refractivity contribution in [2.45, 2.75) is 11.7 Å². The van der Waals surface area contributed by atoms with Gasteiger partial charge in [0, 0.05) is 14.6 Å². The Balaban J connectivity index is 2.03. The second-order valence-electron chi connectivity index (χ2n) is 5.75. The Hall–Kier alpha value is -2.08. The summed E-state index contributed by atoms with van der Waals surface area (Å²) in [5.41, 5.74) is 6.71. The van der Waals surface area contributed by atoms with Crippen molar-refractivity contribution in [2.24, 2.45) is 5.73 Å². The van der Waals surface area contributed by atoms with Gasteiger partial charge in [0.05, 0.1) is 5.25 Å². The van der Waals surface area contributed by atoms with Gasteiger partial charge in [-0.2, -0.15) is 5.26 Å². The van der Waals surface area contributed by atoms with Crippen LogP contribution in [-0.2, 0) is 16.0 Å². The molecule has 1 fully saturated rings. The number of nitriles is 1. The van der Waals surface area contributed by atoms with E-state index < -0.39 is 11.2 Å². The van der Waals surface area contributed by atoms with E-state index in [-0.39, 0.29) is 16.5 Å². The van der Waals surface area contributed by atoms with Crippen LogP contribution in [0.4, 0.5) is 5.69 Å². The fourth-order valence-electron chi connectivity index (χ4n) is 2.70. The maximum atomic E-state index is 13.1. The van der Waals surface area contributed by atoms with E-state index in [1.165, 1.54) is 16.7 Å². The minimum Gasteiger partial charge on any atom is -0.365 e. The van der Waals surface area contributed by atoms with Crippen LogP contribution < -0.4 is 10.6 Å². The number of hydrogen-bond donors (Lipinski definition) is 1. The predicted octanol–water partition coefficient (Wildman–Crippen LogP) is 4.12. The highest BCUT2D eigenvalue weighted by Crippen LogP contribution is 2.42. The first kappa shape index (κ1) is 19.7. The van der Waals surface area contributed by atoms with E-state index in [9.17, 15) is 14.9 Å². The average Bonchev–Trinajstić information content (AvgIpc) is 2.92. The lowest BCUT2D eigenvalue weighted by Gasteiger charge is -2.18. The number of benzene rings is 2. The van der Waals surface area contributed by atoms with Crippen LogP contribution in [0, 0.1) is 11.3 Å². The van der Waals surface area contributed by atoms with Crippen LogP contribution in [-0.4, -0.2) is 17.1 Å². The molecular formula is C19H13Br2N3O2S. The number of rotatable bonds is 4. The molecule has 2 aromatic carbocycles. The van der Waals surface area contributed by atoms with Crippen LogP contribution >= 0.6 is 43.6 Å². The highest BCUT2D eigenvalue weighted by molar-refractivity contribution is 9.10. The molecule has 1 heterocycles. The maximum Gasteiger partial charge on any atom is 0.262 e. The number of amides is 2. The van der Waals surface area contributed by atoms with Crippen molar-refractivity contribution in [2.75, 3.05) is 4.90 Å². The third-order valence-electron chi connectivity index (χ3n) is 3.92. The molecule has 0 radical (unpaired) electrons. The lowest BCUT2D eigenvalue weighted by atomic mass is 10.1. The summed E-state index contributed by atoms with van der Waals surface area (Å²) in [7, 11) is 0. The summed E-state index contributed by atoms with van der Waals surface area (Å²) in [5.74, 6) is -1.04. The Bertz CT molecular complexity index is 983. The number of halogens is 2. The maximum absolute atomic E-state index is 13.1. The molecule has 136 valence electrons. The van der Waals surface area contributed by atoms with Crippen LogP contribution in [0.2, 0.25) is 0 Å². The molecule has 0 aromatic heterocycles. The van der Waals surface area contributed by atoms with E-state index in [4.69, 9.17) is 5.73 Å². The van der Waals surface area contributed by atoms with Crippen molar-refractivity contribution >= 4 is 61.1 Å². The largest absolute Gasteiger partial charge is 0.365 e. The van der Waals surface area contributed by atoms with E-state index in [1.807, 2.05) is 30.3 Å². The van der Waals surface area contributed by atoms with Gasteiger partial charge in [-0.25, -0.2) is 0 Å². The first-order valence-electron chi connectivity index (χ1n) is 7.85. The van der Waals surface area contributed by atoms with Gasteiger partial charge in [0.15, 0.2) is 0 Å². The molecule has 8 heteroatoms. The fraction of sp³-hybridized carbons (Fsp3) is 0.105. The molecule has 2 N–H and O–H groups in total. The van der Waals surface area contributed by atoms with Gasteiger partial charge in [-0.3, -0.25) is 14.5 Å². The number of carbonyl (C=O) groups is 2. The summed E-state index contributed by atoms with van der Waals surface area (Å²) < 4.78 is 1.78. The Labute approximate surface area is 177 Å². The molecule has 0 unspecified atom stereocenters. The zero-order valence-corrected chi connectivity index (χ0v) is 17.8. The smallest absolute Gasteiger partial charge is 0.262 e. The molecule has 1 atom stereocenters. The molecule has 5 nitrogen and oxygen atoms in total. The van der Waals surface area contributed by atoms with E-state index >= 15 is 0 Å². The number of anilines is 1. The molecule has 0 spiro atoms. The fourth-order valence-corrected chi connectivity index (χ4v) is 4.73. The van der Waals surface area contributed by atoms with Gasteiger partial charge in [-0.15, -0.1) is 0 Å². The van der Waals surface area contributed by atoms with Gasteiger partial charge in [-0.05, 0) is 48.4 Å². The lowest BCUT2D eigenvalue weighted by molar-refractivity contribution is -0.117. The quantitative estimate of drug-likeness (QED) is 0.499. The molecule has 0 aliphatic carbocycles. The van der Waals surface area contributed by atoms with Crippen molar-refractivity contribution in [1.82, 2.24) is 0 Å². The molecular weight excluding hydrogens is 494 g/mol. The first-order chi connectivity index (χ1) is 12.9. The number of thioether (sulfide) groups is 1. The summed E-state index contributed by atoms with van der Waals surface area (Å²) >= 11 is 7.98. The van der Waals surface area contributed by atoms with Crippen LogP contribution in [0.1, 0.15) is 5.56 Å². The highest BCUT2D eigenvalue weighted by Gasteiger charge is 2.40. The summed E-state index contributed by atoms with van der Waals surface area (Å²) in [6.45, 7) is 0. The van der Waals surface area contributed by atoms with E-state index in [0.29, 0.717) is 12.1 Å². The van der Waals surface area contributed by atoms with Crippen LogP contribution in [0.3, 0.4) is 0 Å². The van der Waals surface area contributed by atoms with Crippen LogP contribution in [0.15, 0.2) is 68.1 Å². The summed E-state index contributed by atoms with van der Waals surface area (Å²) in [5, 5.41) is 9.21. The standard InChI is InChI=1S/C19H13Br2N3O2S/c20-12-4-6-14(7-5-12)24-18(26)16(9-11-2-1-3-13(21)8-11)27-19(24)15(10-22)17(23)25/h1-8,16H,9H2,(H2,23,25)/b19-15+/t16-/m0/s1. The molecule has 2 amide bonds. The second kappa shape index (κ2) is 8.30. The van der Waals surface area contributed by atoms with E-state index in [0.717, 1.165) is 14.5 Å². The Morgan fingerprint density at radius 3 is 2.48 bits per heavy atom. The van der Waals surface area contributed by atoms with Gasteiger partial charge in [-0.1, -0.05) is 55.8 Å². The topological polar surface area (TPSA) is 87.2 Å². The minimum absolute atomic E-state index is 0.189. The number of carbonyl (C=O) groups excluding carboxylic acids is 2. The summed E-state index contributed by atoms with van der Waals surface area (Å²) in [6, 6.07) is 16.6. The predicted molar refractivity (Wildman–Crippen MR) is 113 cm³/mol. The van der Waals surface area contributed by atoms with Crippen molar-refractivity contribution in [3.05, 3.63) is 73.6 Å². The molecule has 1 saturated heterocycles. The number of primary amides is 1. The van der Waals surface area contributed by atoms with Crippen LogP contribution in [0.25, 0.3) is 0 Å². The average molecular weight is 507 g/mol. The molecule has 0 bridgehead atoms. The van der Waals surface area contributed by atoms with Gasteiger partial charge >= 0.3 is 0 Å². The van der Waals surface area contributed by atoms with Crippen LogP contribution in [0.5, 0.6) is 0 Å². The summed E-state index contributed by atoms with van der Waals surface area (Å²) in [6.07, 6.45) is 0.469. The van der Waals surface area contributed by atoms with E-state index in [1.54, 1.807) is 24.3 Å². The zero-order valence-electron chi connectivity index (χ0n) is 13.9. The molecule has 0 saturated carbocycles. The minimum atomic E-state index is -0.849. The third kappa shape index (κ3) is 4.26. The molecule has 1 aliphatic rings. The third-order valence-corrected chi connectivity index (χ3v) is 6.20. The SMILES string of the molecule is N#C/C(C(N)=O)=C1\S[C@@H](Cc2cccc(Br)c2)C(=O)N1c1ccc(Br)cc1. The van der Waals surface area contributed by atoms with Gasteiger partial charge in [0.2, 0.25) is 5.91 Å². The Morgan fingerprint density at radius 2 is 1.89 bits per heavy atom. The number of nitrogens with zero attached hydrogens (tertiary/aromatic N) is 2. The monoisotopic (exact) mass is 505 g/mol. The summed E-state index contributed by atoms with van der Waals surface area (Å²) in [4.78, 5) is 26.3. The second-order valence-corrected chi connectivity index (χ2v) is 8.77. The van der Waals surface area contributed by atoms with Gasteiger partial charge < -0.3 is 5.73 Å². The van der Waals surface area contributed by atoms with E-state index in [2.05, 4.69) is 31.9 Å². The number of hydrogen-bond acceptors (Lipinski definition) is 4. The van der Waals surface area contributed by atoms with Crippen molar-refractivity contribution < 1.29 is 9.59 Å². The zero-order chi connectivity index (χ0) is 19.6. The van der Waals surface area contributed by atoms with Gasteiger partial charge in [0.25, 0.3) is 5.91 Å². The normalized spacial score (nSPS) is 18.3. The molecule has 3 rings (SSSR count). The Morgan fingerprint density at radius 1 is 1.19 bits per heavy atom. The highest BCUT2D eigenvalue weighted by atomic mass is 79.9. The lowest BCUT2D eigenvalue weighted by Crippen LogP contribution is -2.31. The van der Waals surface area contributed by atoms with Crippen molar-refractivity contribution in [3.8, 4) is 6.07 Å². The number of nitrogens with two attached hydrogens (primary N) is 1. The van der Waals surface area contributed by atoms with Crippen molar-refractivity contribution in [3.63, 3.8) is 0 Å².